The molecule has 8 heteroatoms. The zero-order chi connectivity index (χ0) is 27.0. The maximum atomic E-state index is 12.6. The average molecular weight is 523 g/mol. The van der Waals surface area contributed by atoms with Crippen LogP contribution in [0.5, 0.6) is 5.88 Å². The lowest BCUT2D eigenvalue weighted by atomic mass is 10.1. The van der Waals surface area contributed by atoms with Gasteiger partial charge in [-0.1, -0.05) is 83.9 Å². The Balaban J connectivity index is 1.54. The molecule has 0 bridgehead atoms. The van der Waals surface area contributed by atoms with Crippen molar-refractivity contribution in [2.75, 3.05) is 13.2 Å². The minimum atomic E-state index is -0.448. The van der Waals surface area contributed by atoms with Crippen molar-refractivity contribution in [3.05, 3.63) is 48.7 Å². The topological polar surface area (TPSA) is 99.4 Å². The summed E-state index contributed by atoms with van der Waals surface area (Å²) in [5.74, 6) is 0.894. The van der Waals surface area contributed by atoms with Crippen molar-refractivity contribution in [3.8, 4) is 28.8 Å². The second kappa shape index (κ2) is 16.6. The Kier molecular flexibility index (Phi) is 12.8. The van der Waals surface area contributed by atoms with E-state index in [0.29, 0.717) is 36.2 Å². The van der Waals surface area contributed by atoms with Crippen LogP contribution in [0.1, 0.15) is 78.6 Å². The van der Waals surface area contributed by atoms with Gasteiger partial charge in [-0.05, 0) is 30.7 Å². The molecule has 1 N–H and O–H groups in total. The summed E-state index contributed by atoms with van der Waals surface area (Å²) in [5, 5.41) is 11.7. The molecular formula is C30H42N4O4. The number of aromatic nitrogens is 3. The highest BCUT2D eigenvalue weighted by molar-refractivity contribution is 5.69. The van der Waals surface area contributed by atoms with Gasteiger partial charge in [0.2, 0.25) is 11.8 Å². The fraction of sp³-hybridized carbons (Fsp3) is 0.533. The van der Waals surface area contributed by atoms with Crippen molar-refractivity contribution in [2.45, 2.75) is 90.7 Å². The summed E-state index contributed by atoms with van der Waals surface area (Å²) in [6.07, 6.45) is 11.1. The monoisotopic (exact) mass is 522 g/mol. The van der Waals surface area contributed by atoms with E-state index in [9.17, 15) is 4.79 Å². The van der Waals surface area contributed by atoms with E-state index < -0.39 is 6.10 Å². The Morgan fingerprint density at radius 3 is 2.37 bits per heavy atom. The molecule has 0 radical (unpaired) electrons. The van der Waals surface area contributed by atoms with Crippen LogP contribution < -0.4 is 10.1 Å². The standard InChI is InChI=1S/C30H42N4O4/c1-4-5-6-7-8-9-10-14-19-27(35)37-25(21-32-23(2)3)22-36-29-26(18-15-20-31-29)30-34-33-28(38-30)24-16-12-11-13-17-24/h11-13,15-18,20,23,25,32H,4-10,14,19,21-22H2,1-3H3. The number of nitrogens with one attached hydrogen (secondary N) is 1. The smallest absolute Gasteiger partial charge is 0.306 e. The van der Waals surface area contributed by atoms with E-state index in [1.807, 2.05) is 36.4 Å². The van der Waals surface area contributed by atoms with Gasteiger partial charge >= 0.3 is 5.97 Å². The molecule has 1 aromatic carbocycles. The first-order valence-corrected chi connectivity index (χ1v) is 14.0. The summed E-state index contributed by atoms with van der Waals surface area (Å²) in [5.41, 5.74) is 1.42. The Morgan fingerprint density at radius 2 is 1.63 bits per heavy atom. The summed E-state index contributed by atoms with van der Waals surface area (Å²) in [4.78, 5) is 16.9. The lowest BCUT2D eigenvalue weighted by Crippen LogP contribution is -2.38. The van der Waals surface area contributed by atoms with Gasteiger partial charge in [-0.15, -0.1) is 10.2 Å². The van der Waals surface area contributed by atoms with Gasteiger partial charge in [0.05, 0.1) is 0 Å². The predicted molar refractivity (Wildman–Crippen MR) is 149 cm³/mol. The largest absolute Gasteiger partial charge is 0.473 e. The number of ether oxygens (including phenoxy) is 2. The minimum Gasteiger partial charge on any atom is -0.473 e. The van der Waals surface area contributed by atoms with Crippen LogP contribution >= 0.6 is 0 Å². The van der Waals surface area contributed by atoms with Gasteiger partial charge < -0.3 is 19.2 Å². The molecule has 0 amide bonds. The average Bonchev–Trinajstić information content (AvgIpc) is 3.42. The second-order valence-corrected chi connectivity index (χ2v) is 9.85. The van der Waals surface area contributed by atoms with Crippen LogP contribution in [-0.2, 0) is 9.53 Å². The minimum absolute atomic E-state index is 0.159. The number of carbonyl (C=O) groups excluding carboxylic acids is 1. The van der Waals surface area contributed by atoms with E-state index in [1.54, 1.807) is 12.3 Å². The molecule has 1 atom stereocenters. The second-order valence-electron chi connectivity index (χ2n) is 9.85. The number of unbranched alkanes of at least 4 members (excludes halogenated alkanes) is 7. The first-order valence-electron chi connectivity index (χ1n) is 14.0. The highest BCUT2D eigenvalue weighted by Crippen LogP contribution is 2.29. The van der Waals surface area contributed by atoms with Crippen molar-refractivity contribution in [1.29, 1.82) is 0 Å². The molecule has 3 aromatic rings. The molecular weight excluding hydrogens is 480 g/mol. The summed E-state index contributed by atoms with van der Waals surface area (Å²) in [7, 11) is 0. The Hall–Kier alpha value is -3.26. The third-order valence-corrected chi connectivity index (χ3v) is 6.14. The van der Waals surface area contributed by atoms with Crippen LogP contribution in [0.15, 0.2) is 53.1 Å². The molecule has 0 aliphatic heterocycles. The van der Waals surface area contributed by atoms with Gasteiger partial charge in [0.1, 0.15) is 18.3 Å². The SMILES string of the molecule is CCCCCCCCCCC(=O)OC(CNC(C)C)COc1ncccc1-c1nnc(-c2ccccc2)o1. The normalized spacial score (nSPS) is 12.0. The van der Waals surface area contributed by atoms with Gasteiger partial charge in [0, 0.05) is 30.8 Å². The molecule has 8 nitrogen and oxygen atoms in total. The Bertz CT molecular complexity index is 1070. The Labute approximate surface area is 226 Å². The Morgan fingerprint density at radius 1 is 0.921 bits per heavy atom. The molecule has 2 heterocycles. The molecule has 38 heavy (non-hydrogen) atoms. The highest BCUT2D eigenvalue weighted by atomic mass is 16.6. The summed E-state index contributed by atoms with van der Waals surface area (Å²) in [6, 6.07) is 13.4. The van der Waals surface area contributed by atoms with Crippen molar-refractivity contribution in [3.63, 3.8) is 0 Å². The molecule has 0 saturated carbocycles. The zero-order valence-corrected chi connectivity index (χ0v) is 23.0. The summed E-state index contributed by atoms with van der Waals surface area (Å²) in [6.45, 7) is 6.98. The lowest BCUT2D eigenvalue weighted by Gasteiger charge is -2.20. The van der Waals surface area contributed by atoms with Gasteiger partial charge in [-0.25, -0.2) is 4.98 Å². The highest BCUT2D eigenvalue weighted by Gasteiger charge is 2.20. The van der Waals surface area contributed by atoms with Gasteiger partial charge in [0.25, 0.3) is 5.89 Å². The fourth-order valence-corrected chi connectivity index (χ4v) is 4.02. The maximum absolute atomic E-state index is 12.6. The number of rotatable bonds is 18. The van der Waals surface area contributed by atoms with Crippen LogP contribution in [0.3, 0.4) is 0 Å². The maximum Gasteiger partial charge on any atom is 0.306 e. The van der Waals surface area contributed by atoms with E-state index in [1.165, 1.54) is 38.5 Å². The quantitative estimate of drug-likeness (QED) is 0.147. The first kappa shape index (κ1) is 29.3. The number of nitrogens with zero attached hydrogens (tertiary/aromatic N) is 3. The molecule has 0 spiro atoms. The number of esters is 1. The van der Waals surface area contributed by atoms with Crippen LogP contribution in [0.4, 0.5) is 0 Å². The van der Waals surface area contributed by atoms with E-state index in [4.69, 9.17) is 13.9 Å². The van der Waals surface area contributed by atoms with Gasteiger partial charge in [0.15, 0.2) is 0 Å². The first-order chi connectivity index (χ1) is 18.6. The van der Waals surface area contributed by atoms with E-state index >= 15 is 0 Å². The molecule has 3 rings (SSSR count). The van der Waals surface area contributed by atoms with Crippen LogP contribution in [0.2, 0.25) is 0 Å². The molecule has 1 unspecified atom stereocenters. The van der Waals surface area contributed by atoms with Crippen LogP contribution in [-0.4, -0.2) is 46.4 Å². The van der Waals surface area contributed by atoms with Crippen molar-refractivity contribution < 1.29 is 18.7 Å². The third-order valence-electron chi connectivity index (χ3n) is 6.14. The zero-order valence-electron chi connectivity index (χ0n) is 23.0. The van der Waals surface area contributed by atoms with E-state index in [-0.39, 0.29) is 18.6 Å². The molecule has 0 fully saturated rings. The van der Waals surface area contributed by atoms with Crippen LogP contribution in [0, 0.1) is 0 Å². The summed E-state index contributed by atoms with van der Waals surface area (Å²) >= 11 is 0. The molecule has 0 aliphatic carbocycles. The molecule has 206 valence electrons. The fourth-order valence-electron chi connectivity index (χ4n) is 4.02. The van der Waals surface area contributed by atoms with Crippen molar-refractivity contribution >= 4 is 5.97 Å². The molecule has 0 saturated heterocycles. The van der Waals surface area contributed by atoms with Crippen molar-refractivity contribution in [2.24, 2.45) is 0 Å². The van der Waals surface area contributed by atoms with E-state index in [0.717, 1.165) is 18.4 Å². The third kappa shape index (κ3) is 10.2. The predicted octanol–water partition coefficient (Wildman–Crippen LogP) is 6.62. The number of benzene rings is 1. The summed E-state index contributed by atoms with van der Waals surface area (Å²) < 4.78 is 17.7. The number of hydrogen-bond donors (Lipinski definition) is 1. The van der Waals surface area contributed by atoms with Gasteiger partial charge in [-0.3, -0.25) is 4.79 Å². The number of pyridine rings is 1. The number of hydrogen-bond acceptors (Lipinski definition) is 8. The van der Waals surface area contributed by atoms with E-state index in [2.05, 4.69) is 41.3 Å². The lowest BCUT2D eigenvalue weighted by molar-refractivity contribution is -0.150. The van der Waals surface area contributed by atoms with Crippen LogP contribution in [0.25, 0.3) is 22.9 Å². The van der Waals surface area contributed by atoms with Gasteiger partial charge in [-0.2, -0.15) is 0 Å². The van der Waals surface area contributed by atoms with Crippen molar-refractivity contribution in [1.82, 2.24) is 20.5 Å². The molecule has 2 aromatic heterocycles. The molecule has 0 aliphatic rings. The number of carbonyl (C=O) groups is 1.